The van der Waals surface area contributed by atoms with E-state index < -0.39 is 0 Å². The van der Waals surface area contributed by atoms with Gasteiger partial charge in [0.05, 0.1) is 0 Å². The molecule has 1 aromatic rings. The van der Waals surface area contributed by atoms with Gasteiger partial charge in [-0.05, 0) is 25.7 Å². The number of aliphatic hydroxyl groups is 1. The smallest absolute Gasteiger partial charge is 0.252 e. The molecule has 0 radical (unpaired) electrons. The minimum atomic E-state index is -0.0954. The first kappa shape index (κ1) is 14.1. The second-order valence-electron chi connectivity index (χ2n) is 5.50. The van der Waals surface area contributed by atoms with E-state index in [1.165, 1.54) is 6.42 Å². The number of aromatic nitrogens is 2. The highest BCUT2D eigenvalue weighted by Gasteiger charge is 2.26. The number of H-pyrrole nitrogens is 1. The van der Waals surface area contributed by atoms with Crippen LogP contribution in [0.3, 0.4) is 0 Å². The summed E-state index contributed by atoms with van der Waals surface area (Å²) in [7, 11) is 0. The zero-order chi connectivity index (χ0) is 13.8. The lowest BCUT2D eigenvalue weighted by Gasteiger charge is -2.38. The normalized spacial score (nSPS) is 15.6. The van der Waals surface area contributed by atoms with Crippen molar-refractivity contribution in [3.63, 3.8) is 0 Å². The number of hydrogen-bond donors (Lipinski definition) is 2. The quantitative estimate of drug-likeness (QED) is 0.820. The Hall–Kier alpha value is -1.36. The Kier molecular flexibility index (Phi) is 4.58. The molecule has 5 heteroatoms. The van der Waals surface area contributed by atoms with E-state index in [9.17, 15) is 4.79 Å². The topological polar surface area (TPSA) is 69.2 Å². The van der Waals surface area contributed by atoms with Crippen LogP contribution in [0.25, 0.3) is 0 Å². The predicted molar refractivity (Wildman–Crippen MR) is 75.6 cm³/mol. The third-order valence-electron chi connectivity index (χ3n) is 3.66. The van der Waals surface area contributed by atoms with Gasteiger partial charge in [-0.15, -0.1) is 0 Å². The van der Waals surface area contributed by atoms with E-state index in [0.717, 1.165) is 31.0 Å². The number of nitrogens with one attached hydrogen (secondary N) is 1. The van der Waals surface area contributed by atoms with Crippen molar-refractivity contribution in [2.45, 2.75) is 51.5 Å². The van der Waals surface area contributed by atoms with Crippen molar-refractivity contribution < 1.29 is 5.11 Å². The predicted octanol–water partition coefficient (Wildman–Crippen LogP) is 1.63. The Balaban J connectivity index is 2.26. The van der Waals surface area contributed by atoms with Crippen LogP contribution in [0.5, 0.6) is 0 Å². The molecule has 1 heterocycles. The van der Waals surface area contributed by atoms with E-state index in [-0.39, 0.29) is 18.1 Å². The Morgan fingerprint density at radius 3 is 2.79 bits per heavy atom. The van der Waals surface area contributed by atoms with E-state index in [0.29, 0.717) is 12.5 Å². The Morgan fingerprint density at radius 1 is 1.53 bits per heavy atom. The SMILES string of the molecule is CC(C)c1nc(N(CCCO)C2CCC2)cc(=O)[nH]1. The molecule has 0 amide bonds. The molecule has 106 valence electrons. The van der Waals surface area contributed by atoms with E-state index in [1.807, 2.05) is 13.8 Å². The van der Waals surface area contributed by atoms with E-state index in [1.54, 1.807) is 6.07 Å². The number of aliphatic hydroxyl groups excluding tert-OH is 1. The molecule has 1 aromatic heterocycles. The summed E-state index contributed by atoms with van der Waals surface area (Å²) < 4.78 is 0. The third kappa shape index (κ3) is 3.35. The summed E-state index contributed by atoms with van der Waals surface area (Å²) in [4.78, 5) is 21.3. The average Bonchev–Trinajstić information content (AvgIpc) is 2.31. The van der Waals surface area contributed by atoms with Crippen molar-refractivity contribution in [2.75, 3.05) is 18.1 Å². The molecule has 19 heavy (non-hydrogen) atoms. The highest BCUT2D eigenvalue weighted by molar-refractivity contribution is 5.40. The lowest BCUT2D eigenvalue weighted by Crippen LogP contribution is -2.42. The minimum absolute atomic E-state index is 0.0954. The van der Waals surface area contributed by atoms with Gasteiger partial charge in [-0.1, -0.05) is 13.8 Å². The molecule has 0 atom stereocenters. The molecule has 1 fully saturated rings. The molecule has 1 aliphatic carbocycles. The largest absolute Gasteiger partial charge is 0.396 e. The van der Waals surface area contributed by atoms with Gasteiger partial charge in [0.15, 0.2) is 0 Å². The van der Waals surface area contributed by atoms with Crippen molar-refractivity contribution in [3.05, 3.63) is 22.2 Å². The summed E-state index contributed by atoms with van der Waals surface area (Å²) in [5.41, 5.74) is -0.0954. The van der Waals surface area contributed by atoms with Gasteiger partial charge in [0, 0.05) is 31.2 Å². The first-order chi connectivity index (χ1) is 9.11. The minimum Gasteiger partial charge on any atom is -0.396 e. The first-order valence-corrected chi connectivity index (χ1v) is 7.10. The molecule has 0 unspecified atom stereocenters. The second kappa shape index (κ2) is 6.19. The van der Waals surface area contributed by atoms with Crippen LogP contribution >= 0.6 is 0 Å². The van der Waals surface area contributed by atoms with Gasteiger partial charge in [0.2, 0.25) is 0 Å². The summed E-state index contributed by atoms with van der Waals surface area (Å²) in [5, 5.41) is 9.02. The number of rotatable bonds is 6. The maximum absolute atomic E-state index is 11.8. The van der Waals surface area contributed by atoms with Crippen LogP contribution in [0.2, 0.25) is 0 Å². The van der Waals surface area contributed by atoms with Crippen molar-refractivity contribution in [1.29, 1.82) is 0 Å². The van der Waals surface area contributed by atoms with E-state index in [4.69, 9.17) is 5.11 Å². The highest BCUT2D eigenvalue weighted by atomic mass is 16.3. The van der Waals surface area contributed by atoms with Crippen molar-refractivity contribution in [3.8, 4) is 0 Å². The fraction of sp³-hybridized carbons (Fsp3) is 0.714. The highest BCUT2D eigenvalue weighted by Crippen LogP contribution is 2.28. The molecule has 2 rings (SSSR count). The van der Waals surface area contributed by atoms with E-state index >= 15 is 0 Å². The molecule has 1 aliphatic rings. The van der Waals surface area contributed by atoms with Gasteiger partial charge in [-0.3, -0.25) is 4.79 Å². The fourth-order valence-corrected chi connectivity index (χ4v) is 2.31. The van der Waals surface area contributed by atoms with Gasteiger partial charge >= 0.3 is 0 Å². The Morgan fingerprint density at radius 2 is 2.26 bits per heavy atom. The first-order valence-electron chi connectivity index (χ1n) is 7.10. The molecule has 2 N–H and O–H groups in total. The fourth-order valence-electron chi connectivity index (χ4n) is 2.31. The molecule has 5 nitrogen and oxygen atoms in total. The van der Waals surface area contributed by atoms with Gasteiger partial charge in [-0.2, -0.15) is 0 Å². The Labute approximate surface area is 113 Å². The van der Waals surface area contributed by atoms with Crippen molar-refractivity contribution in [1.82, 2.24) is 9.97 Å². The third-order valence-corrected chi connectivity index (χ3v) is 3.66. The molecule has 1 saturated carbocycles. The molecular weight excluding hydrogens is 242 g/mol. The monoisotopic (exact) mass is 265 g/mol. The zero-order valence-electron chi connectivity index (χ0n) is 11.7. The molecule has 0 spiro atoms. The maximum Gasteiger partial charge on any atom is 0.252 e. The van der Waals surface area contributed by atoms with Gasteiger partial charge in [-0.25, -0.2) is 4.98 Å². The number of anilines is 1. The Bertz CT molecular complexity index is 466. The zero-order valence-corrected chi connectivity index (χ0v) is 11.7. The molecule has 0 aromatic carbocycles. The second-order valence-corrected chi connectivity index (χ2v) is 5.50. The van der Waals surface area contributed by atoms with Gasteiger partial charge < -0.3 is 15.0 Å². The summed E-state index contributed by atoms with van der Waals surface area (Å²) in [6.07, 6.45) is 4.25. The average molecular weight is 265 g/mol. The summed E-state index contributed by atoms with van der Waals surface area (Å²) in [5.74, 6) is 1.69. The number of hydrogen-bond acceptors (Lipinski definition) is 4. The lowest BCUT2D eigenvalue weighted by atomic mass is 9.91. The maximum atomic E-state index is 11.8. The molecule has 0 bridgehead atoms. The van der Waals surface area contributed by atoms with Crippen LogP contribution in [0.15, 0.2) is 10.9 Å². The van der Waals surface area contributed by atoms with Crippen LogP contribution in [-0.4, -0.2) is 34.3 Å². The van der Waals surface area contributed by atoms with Gasteiger partial charge in [0.1, 0.15) is 11.6 Å². The van der Waals surface area contributed by atoms with Gasteiger partial charge in [0.25, 0.3) is 5.56 Å². The summed E-state index contributed by atoms with van der Waals surface area (Å²) in [6, 6.07) is 2.04. The molecule has 0 aliphatic heterocycles. The summed E-state index contributed by atoms with van der Waals surface area (Å²) >= 11 is 0. The van der Waals surface area contributed by atoms with Crippen LogP contribution in [0, 0.1) is 0 Å². The number of aromatic amines is 1. The standard InChI is InChI=1S/C14H23N3O2/c1-10(2)14-15-12(9-13(19)16-14)17(7-4-8-18)11-5-3-6-11/h9-11,18H,3-8H2,1-2H3,(H,15,16,19). The van der Waals surface area contributed by atoms with Crippen molar-refractivity contribution >= 4 is 5.82 Å². The van der Waals surface area contributed by atoms with E-state index in [2.05, 4.69) is 14.9 Å². The number of nitrogens with zero attached hydrogens (tertiary/aromatic N) is 2. The van der Waals surface area contributed by atoms with Crippen molar-refractivity contribution in [2.24, 2.45) is 0 Å². The lowest BCUT2D eigenvalue weighted by molar-refractivity contribution is 0.282. The summed E-state index contributed by atoms with van der Waals surface area (Å²) in [6.45, 7) is 4.96. The van der Waals surface area contributed by atoms with Crippen LogP contribution in [0.4, 0.5) is 5.82 Å². The molecule has 0 saturated heterocycles. The van der Waals surface area contributed by atoms with Crippen LogP contribution < -0.4 is 10.5 Å². The van der Waals surface area contributed by atoms with Crippen LogP contribution in [0.1, 0.15) is 51.3 Å². The molecular formula is C14H23N3O2. The van der Waals surface area contributed by atoms with Crippen LogP contribution in [-0.2, 0) is 0 Å².